The van der Waals surface area contributed by atoms with Crippen LogP contribution in [0.5, 0.6) is 0 Å². The molecule has 0 saturated carbocycles. The highest BCUT2D eigenvalue weighted by Crippen LogP contribution is 2.14. The van der Waals surface area contributed by atoms with Gasteiger partial charge in [0.1, 0.15) is 0 Å². The second kappa shape index (κ2) is 6.79. The Kier molecular flexibility index (Phi) is 5.24. The Morgan fingerprint density at radius 2 is 1.86 bits per heavy atom. The van der Waals surface area contributed by atoms with Gasteiger partial charge in [-0.05, 0) is 31.4 Å². The van der Waals surface area contributed by atoms with Gasteiger partial charge in [-0.15, -0.1) is 0 Å². The van der Waals surface area contributed by atoms with Crippen molar-refractivity contribution in [3.05, 3.63) is 34.9 Å². The molecule has 5 nitrogen and oxygen atoms in total. The normalized spacial score (nSPS) is 17.3. The number of benzene rings is 1. The predicted octanol–water partition coefficient (Wildman–Crippen LogP) is 1.34. The number of rotatable bonds is 3. The summed E-state index contributed by atoms with van der Waals surface area (Å²) in [6.45, 7) is 6.00. The molecule has 1 heterocycles. The molecule has 22 heavy (non-hydrogen) atoms. The van der Waals surface area contributed by atoms with Gasteiger partial charge in [-0.2, -0.15) is 0 Å². The van der Waals surface area contributed by atoms with Gasteiger partial charge in [0.15, 0.2) is 0 Å². The van der Waals surface area contributed by atoms with Crippen molar-refractivity contribution < 1.29 is 13.2 Å². The standard InChI is InChI=1S/C16H24N2O3S/c1-13-5-6-14(2)15(11-13)12-16(19)17-7-4-8-18(10-9-17)22(3,20)21/h5-6,11H,4,7-10,12H2,1-3H3. The summed E-state index contributed by atoms with van der Waals surface area (Å²) in [6.07, 6.45) is 2.29. The van der Waals surface area contributed by atoms with E-state index >= 15 is 0 Å². The molecule has 6 heteroatoms. The third kappa shape index (κ3) is 4.30. The van der Waals surface area contributed by atoms with Gasteiger partial charge in [-0.25, -0.2) is 12.7 Å². The minimum Gasteiger partial charge on any atom is -0.341 e. The third-order valence-corrected chi connectivity index (χ3v) is 5.43. The zero-order chi connectivity index (χ0) is 16.3. The maximum Gasteiger partial charge on any atom is 0.227 e. The van der Waals surface area contributed by atoms with Crippen molar-refractivity contribution in [2.75, 3.05) is 32.4 Å². The van der Waals surface area contributed by atoms with Crippen molar-refractivity contribution in [2.24, 2.45) is 0 Å². The van der Waals surface area contributed by atoms with E-state index in [1.54, 1.807) is 4.90 Å². The Labute approximate surface area is 133 Å². The van der Waals surface area contributed by atoms with Crippen LogP contribution < -0.4 is 0 Å². The fourth-order valence-electron chi connectivity index (χ4n) is 2.74. The van der Waals surface area contributed by atoms with Crippen LogP contribution in [-0.4, -0.2) is 56.0 Å². The maximum absolute atomic E-state index is 12.5. The Hall–Kier alpha value is -1.40. The first kappa shape index (κ1) is 17.0. The van der Waals surface area contributed by atoms with Crippen molar-refractivity contribution in [1.82, 2.24) is 9.21 Å². The van der Waals surface area contributed by atoms with Crippen molar-refractivity contribution in [3.8, 4) is 0 Å². The number of hydrogen-bond donors (Lipinski definition) is 0. The Morgan fingerprint density at radius 1 is 1.14 bits per heavy atom. The van der Waals surface area contributed by atoms with Gasteiger partial charge in [-0.3, -0.25) is 4.79 Å². The molecular weight excluding hydrogens is 300 g/mol. The monoisotopic (exact) mass is 324 g/mol. The van der Waals surface area contributed by atoms with Crippen LogP contribution >= 0.6 is 0 Å². The number of carbonyl (C=O) groups is 1. The molecule has 2 rings (SSSR count). The van der Waals surface area contributed by atoms with Gasteiger partial charge in [0, 0.05) is 26.2 Å². The van der Waals surface area contributed by atoms with E-state index in [1.807, 2.05) is 32.0 Å². The fraction of sp³-hybridized carbons (Fsp3) is 0.562. The molecule has 0 unspecified atom stereocenters. The highest BCUT2D eigenvalue weighted by Gasteiger charge is 2.23. The highest BCUT2D eigenvalue weighted by atomic mass is 32.2. The molecule has 0 atom stereocenters. The molecule has 0 spiro atoms. The molecular formula is C16H24N2O3S. The summed E-state index contributed by atoms with van der Waals surface area (Å²) >= 11 is 0. The largest absolute Gasteiger partial charge is 0.341 e. The van der Waals surface area contributed by atoms with Gasteiger partial charge in [0.2, 0.25) is 15.9 Å². The van der Waals surface area contributed by atoms with Crippen LogP contribution in [0.25, 0.3) is 0 Å². The van der Waals surface area contributed by atoms with Gasteiger partial charge in [0.25, 0.3) is 0 Å². The molecule has 1 aromatic carbocycles. The van der Waals surface area contributed by atoms with Gasteiger partial charge in [-0.1, -0.05) is 23.8 Å². The van der Waals surface area contributed by atoms with Crippen LogP contribution in [-0.2, 0) is 21.2 Å². The zero-order valence-electron chi connectivity index (χ0n) is 13.5. The van der Waals surface area contributed by atoms with Gasteiger partial charge >= 0.3 is 0 Å². The number of amides is 1. The van der Waals surface area contributed by atoms with Crippen molar-refractivity contribution in [2.45, 2.75) is 26.7 Å². The first-order valence-electron chi connectivity index (χ1n) is 7.56. The lowest BCUT2D eigenvalue weighted by molar-refractivity contribution is -0.130. The Morgan fingerprint density at radius 3 is 2.55 bits per heavy atom. The molecule has 0 aromatic heterocycles. The van der Waals surface area contributed by atoms with Crippen molar-refractivity contribution >= 4 is 15.9 Å². The number of carbonyl (C=O) groups excluding carboxylic acids is 1. The van der Waals surface area contributed by atoms with E-state index in [4.69, 9.17) is 0 Å². The van der Waals surface area contributed by atoms with E-state index in [9.17, 15) is 13.2 Å². The summed E-state index contributed by atoms with van der Waals surface area (Å²) in [5, 5.41) is 0. The Balaban J connectivity index is 2.03. The van der Waals surface area contributed by atoms with Crippen LogP contribution in [0.15, 0.2) is 18.2 Å². The van der Waals surface area contributed by atoms with Crippen LogP contribution in [0.4, 0.5) is 0 Å². The molecule has 0 bridgehead atoms. The molecule has 1 saturated heterocycles. The SMILES string of the molecule is Cc1ccc(C)c(CC(=O)N2CCCN(S(C)(=O)=O)CC2)c1. The summed E-state index contributed by atoms with van der Waals surface area (Å²) in [7, 11) is -3.17. The minimum absolute atomic E-state index is 0.0732. The molecule has 0 N–H and O–H groups in total. The smallest absolute Gasteiger partial charge is 0.227 e. The maximum atomic E-state index is 12.5. The average molecular weight is 324 g/mol. The van der Waals surface area contributed by atoms with Crippen LogP contribution in [0.1, 0.15) is 23.1 Å². The third-order valence-electron chi connectivity index (χ3n) is 4.12. The number of hydrogen-bond acceptors (Lipinski definition) is 3. The summed E-state index contributed by atoms with van der Waals surface area (Å²) in [5.74, 6) is 0.0732. The van der Waals surface area contributed by atoms with E-state index in [0.717, 1.165) is 16.7 Å². The molecule has 1 amide bonds. The molecule has 1 aromatic rings. The lowest BCUT2D eigenvalue weighted by Crippen LogP contribution is -2.37. The molecule has 122 valence electrons. The Bertz CT molecular complexity index is 655. The lowest BCUT2D eigenvalue weighted by Gasteiger charge is -2.21. The second-order valence-corrected chi connectivity index (χ2v) is 7.99. The summed E-state index contributed by atoms with van der Waals surface area (Å²) in [6, 6.07) is 6.12. The van der Waals surface area contributed by atoms with Crippen LogP contribution in [0.3, 0.4) is 0 Å². The van der Waals surface area contributed by atoms with E-state index < -0.39 is 10.0 Å². The van der Waals surface area contributed by atoms with E-state index in [-0.39, 0.29) is 5.91 Å². The van der Waals surface area contributed by atoms with E-state index in [0.29, 0.717) is 39.0 Å². The summed E-state index contributed by atoms with van der Waals surface area (Å²) in [5.41, 5.74) is 3.31. The van der Waals surface area contributed by atoms with Crippen molar-refractivity contribution in [1.29, 1.82) is 0 Å². The molecule has 1 fully saturated rings. The average Bonchev–Trinajstić information content (AvgIpc) is 2.68. The lowest BCUT2D eigenvalue weighted by atomic mass is 10.0. The molecule has 0 radical (unpaired) electrons. The topological polar surface area (TPSA) is 57.7 Å². The predicted molar refractivity (Wildman–Crippen MR) is 87.2 cm³/mol. The fourth-order valence-corrected chi connectivity index (χ4v) is 3.61. The zero-order valence-corrected chi connectivity index (χ0v) is 14.3. The van der Waals surface area contributed by atoms with E-state index in [2.05, 4.69) is 0 Å². The number of sulfonamides is 1. The van der Waals surface area contributed by atoms with Gasteiger partial charge < -0.3 is 4.90 Å². The molecule has 0 aliphatic carbocycles. The van der Waals surface area contributed by atoms with Gasteiger partial charge in [0.05, 0.1) is 12.7 Å². The quantitative estimate of drug-likeness (QED) is 0.843. The summed E-state index contributed by atoms with van der Waals surface area (Å²) < 4.78 is 24.7. The molecule has 1 aliphatic rings. The number of aryl methyl sites for hydroxylation is 2. The summed E-state index contributed by atoms with van der Waals surface area (Å²) in [4.78, 5) is 14.3. The first-order valence-corrected chi connectivity index (χ1v) is 9.41. The first-order chi connectivity index (χ1) is 10.3. The highest BCUT2D eigenvalue weighted by molar-refractivity contribution is 7.88. The van der Waals surface area contributed by atoms with Crippen LogP contribution in [0, 0.1) is 13.8 Å². The molecule has 1 aliphatic heterocycles. The minimum atomic E-state index is -3.17. The number of nitrogens with zero attached hydrogens (tertiary/aromatic N) is 2. The van der Waals surface area contributed by atoms with Crippen LogP contribution in [0.2, 0.25) is 0 Å². The van der Waals surface area contributed by atoms with Crippen molar-refractivity contribution in [3.63, 3.8) is 0 Å². The second-order valence-electron chi connectivity index (χ2n) is 6.00. The van der Waals surface area contributed by atoms with E-state index in [1.165, 1.54) is 10.6 Å².